The van der Waals surface area contributed by atoms with Crippen molar-refractivity contribution in [3.63, 3.8) is 0 Å². The topological polar surface area (TPSA) is 126 Å². The van der Waals surface area contributed by atoms with Gasteiger partial charge in [0.2, 0.25) is 10.0 Å². The quantitative estimate of drug-likeness (QED) is 0.435. The van der Waals surface area contributed by atoms with E-state index in [1.165, 1.54) is 19.2 Å². The zero-order valence-corrected chi connectivity index (χ0v) is 19.0. The number of anilines is 1. The Balaban J connectivity index is 1.48. The number of amides is 2. The monoisotopic (exact) mass is 481 g/mol. The van der Waals surface area contributed by atoms with Crippen molar-refractivity contribution >= 4 is 21.7 Å². The van der Waals surface area contributed by atoms with E-state index in [4.69, 9.17) is 9.47 Å². The molecule has 33 heavy (non-hydrogen) atoms. The highest BCUT2D eigenvalue weighted by Gasteiger charge is 2.32. The Kier molecular flexibility index (Phi) is 8.61. The van der Waals surface area contributed by atoms with Gasteiger partial charge in [0, 0.05) is 6.54 Å². The number of aliphatic hydroxyl groups is 1. The lowest BCUT2D eigenvalue weighted by molar-refractivity contribution is -0.0884. The Labute approximate surface area is 192 Å². The van der Waals surface area contributed by atoms with Gasteiger partial charge in [-0.3, -0.25) is 0 Å². The summed E-state index contributed by atoms with van der Waals surface area (Å²) >= 11 is 0. The van der Waals surface area contributed by atoms with E-state index in [2.05, 4.69) is 15.4 Å². The van der Waals surface area contributed by atoms with Crippen LogP contribution in [0.3, 0.4) is 0 Å². The first-order chi connectivity index (χ1) is 15.8. The first kappa shape index (κ1) is 24.9. The van der Waals surface area contributed by atoms with Crippen molar-refractivity contribution in [2.24, 2.45) is 0 Å². The smallest absolute Gasteiger partial charge is 0.319 e. The summed E-state index contributed by atoms with van der Waals surface area (Å²) in [5, 5.41) is 15.3. The van der Waals surface area contributed by atoms with Crippen LogP contribution in [0.25, 0.3) is 0 Å². The lowest BCUT2D eigenvalue weighted by Gasteiger charge is -2.36. The molecule has 4 N–H and O–H groups in total. The summed E-state index contributed by atoms with van der Waals surface area (Å²) in [6.07, 6.45) is 0.611. The van der Waals surface area contributed by atoms with E-state index in [0.29, 0.717) is 30.7 Å². The molecule has 1 aliphatic heterocycles. The van der Waals surface area contributed by atoms with Gasteiger partial charge in [-0.2, -0.15) is 0 Å². The third-order valence-corrected chi connectivity index (χ3v) is 6.83. The summed E-state index contributed by atoms with van der Waals surface area (Å²) in [5.41, 5.74) is 0.515. The number of sulfonamides is 1. The standard InChI is InChI=1S/C22H28FN3O6S/c1-31-20-5-3-2-4-18(20)25-22(28)26-19-11-8-16(32-21(19)14-27)12-13-24-33(29,30)17-9-6-15(23)7-10-17/h2-7,9-10,16,19,21,24,27H,8,11-14H2,1H3,(H2,25,26,28)/t16-,19-,21-/m0/s1. The minimum atomic E-state index is -3.76. The molecule has 180 valence electrons. The predicted octanol–water partition coefficient (Wildman–Crippen LogP) is 2.23. The van der Waals surface area contributed by atoms with Gasteiger partial charge in [-0.25, -0.2) is 22.3 Å². The molecule has 1 saturated heterocycles. The SMILES string of the molecule is COc1ccccc1NC(=O)N[C@H]1CC[C@@H](CCNS(=O)(=O)c2ccc(F)cc2)O[C@H]1CO. The Morgan fingerprint density at radius 3 is 2.61 bits per heavy atom. The number of rotatable bonds is 9. The van der Waals surface area contributed by atoms with E-state index in [0.717, 1.165) is 12.1 Å². The molecule has 2 amide bonds. The lowest BCUT2D eigenvalue weighted by Crippen LogP contribution is -2.52. The number of aliphatic hydroxyl groups excluding tert-OH is 1. The highest BCUT2D eigenvalue weighted by atomic mass is 32.2. The number of methoxy groups -OCH3 is 1. The number of ether oxygens (including phenoxy) is 2. The van der Waals surface area contributed by atoms with Crippen LogP contribution < -0.4 is 20.1 Å². The fraction of sp³-hybridized carbons (Fsp3) is 0.409. The molecule has 3 atom stereocenters. The zero-order valence-electron chi connectivity index (χ0n) is 18.2. The molecule has 9 nitrogen and oxygen atoms in total. The average Bonchev–Trinajstić information content (AvgIpc) is 2.80. The predicted molar refractivity (Wildman–Crippen MR) is 120 cm³/mol. The summed E-state index contributed by atoms with van der Waals surface area (Å²) in [7, 11) is -2.25. The van der Waals surface area contributed by atoms with E-state index < -0.39 is 34.0 Å². The van der Waals surface area contributed by atoms with Gasteiger partial charge in [0.1, 0.15) is 17.7 Å². The largest absolute Gasteiger partial charge is 0.495 e. The van der Waals surface area contributed by atoms with Crippen molar-refractivity contribution in [3.05, 3.63) is 54.3 Å². The van der Waals surface area contributed by atoms with Crippen LogP contribution >= 0.6 is 0 Å². The van der Waals surface area contributed by atoms with Gasteiger partial charge in [0.15, 0.2) is 0 Å². The van der Waals surface area contributed by atoms with Crippen molar-refractivity contribution in [2.75, 3.05) is 25.6 Å². The molecule has 0 bridgehead atoms. The van der Waals surface area contributed by atoms with Crippen molar-refractivity contribution in [1.29, 1.82) is 0 Å². The van der Waals surface area contributed by atoms with Gasteiger partial charge in [0.25, 0.3) is 0 Å². The maximum Gasteiger partial charge on any atom is 0.319 e. The molecular weight excluding hydrogens is 453 g/mol. The molecule has 3 rings (SSSR count). The van der Waals surface area contributed by atoms with Crippen LogP contribution in [0.5, 0.6) is 5.75 Å². The number of carbonyl (C=O) groups excluding carboxylic acids is 1. The van der Waals surface area contributed by atoms with E-state index >= 15 is 0 Å². The fourth-order valence-electron chi connectivity index (χ4n) is 3.64. The van der Waals surface area contributed by atoms with Crippen molar-refractivity contribution in [3.8, 4) is 5.75 Å². The maximum atomic E-state index is 13.0. The molecule has 0 radical (unpaired) electrons. The van der Waals surface area contributed by atoms with Crippen LogP contribution in [0, 0.1) is 5.82 Å². The number of hydrogen-bond donors (Lipinski definition) is 4. The fourth-order valence-corrected chi connectivity index (χ4v) is 4.68. The van der Waals surface area contributed by atoms with Crippen molar-refractivity contribution < 1.29 is 32.2 Å². The van der Waals surface area contributed by atoms with E-state index in [9.17, 15) is 22.7 Å². The van der Waals surface area contributed by atoms with Crippen LogP contribution in [0.4, 0.5) is 14.9 Å². The van der Waals surface area contributed by atoms with Crippen LogP contribution in [0.1, 0.15) is 19.3 Å². The first-order valence-corrected chi connectivity index (χ1v) is 12.0. The summed E-state index contributed by atoms with van der Waals surface area (Å²) in [6.45, 7) is -0.174. The van der Waals surface area contributed by atoms with Gasteiger partial charge in [-0.1, -0.05) is 12.1 Å². The molecule has 2 aromatic rings. The molecule has 11 heteroatoms. The van der Waals surface area contributed by atoms with Crippen LogP contribution in [-0.2, 0) is 14.8 Å². The number of benzene rings is 2. The Hall–Kier alpha value is -2.73. The molecule has 1 aliphatic rings. The molecule has 0 aromatic heterocycles. The summed E-state index contributed by atoms with van der Waals surface area (Å²) < 4.78 is 51.2. The number of carbonyl (C=O) groups is 1. The minimum absolute atomic E-state index is 0.0213. The maximum absolute atomic E-state index is 13.0. The Bertz CT molecular complexity index is 1030. The minimum Gasteiger partial charge on any atom is -0.495 e. The summed E-state index contributed by atoms with van der Waals surface area (Å²) in [4.78, 5) is 12.4. The van der Waals surface area contributed by atoms with E-state index in [-0.39, 0.29) is 24.2 Å². The van der Waals surface area contributed by atoms with Crippen LogP contribution in [-0.4, -0.2) is 58.1 Å². The van der Waals surface area contributed by atoms with Gasteiger partial charge in [-0.05, 0) is 55.7 Å². The first-order valence-electron chi connectivity index (χ1n) is 10.5. The molecule has 0 unspecified atom stereocenters. The molecular formula is C22H28FN3O6S. The van der Waals surface area contributed by atoms with Gasteiger partial charge in [-0.15, -0.1) is 0 Å². The van der Waals surface area contributed by atoms with Gasteiger partial charge >= 0.3 is 6.03 Å². The second-order valence-corrected chi connectivity index (χ2v) is 9.37. The third kappa shape index (κ3) is 6.87. The second kappa shape index (κ2) is 11.4. The average molecular weight is 482 g/mol. The second-order valence-electron chi connectivity index (χ2n) is 7.60. The lowest BCUT2D eigenvalue weighted by atomic mass is 9.97. The normalized spacial score (nSPS) is 20.8. The molecule has 1 fully saturated rings. The number of hydrogen-bond acceptors (Lipinski definition) is 6. The van der Waals surface area contributed by atoms with Crippen LogP contribution in [0.15, 0.2) is 53.4 Å². The van der Waals surface area contributed by atoms with Crippen molar-refractivity contribution in [2.45, 2.75) is 42.4 Å². The van der Waals surface area contributed by atoms with Gasteiger partial charge in [0.05, 0.1) is 36.4 Å². The zero-order chi connectivity index (χ0) is 23.8. The molecule has 0 spiro atoms. The molecule has 0 aliphatic carbocycles. The van der Waals surface area contributed by atoms with Crippen LogP contribution in [0.2, 0.25) is 0 Å². The highest BCUT2D eigenvalue weighted by Crippen LogP contribution is 2.24. The van der Waals surface area contributed by atoms with Gasteiger partial charge < -0.3 is 25.2 Å². The molecule has 0 saturated carbocycles. The summed E-state index contributed by atoms with van der Waals surface area (Å²) in [5.74, 6) is 0.00811. The summed E-state index contributed by atoms with van der Waals surface area (Å²) in [6, 6.07) is 10.7. The van der Waals surface area contributed by atoms with E-state index in [1.807, 2.05) is 0 Å². The number of nitrogens with one attached hydrogen (secondary N) is 3. The molecule has 1 heterocycles. The Morgan fingerprint density at radius 1 is 1.18 bits per heavy atom. The number of urea groups is 1. The number of halogens is 1. The van der Waals surface area contributed by atoms with E-state index in [1.54, 1.807) is 24.3 Å². The van der Waals surface area contributed by atoms with Crippen molar-refractivity contribution in [1.82, 2.24) is 10.0 Å². The molecule has 2 aromatic carbocycles. The third-order valence-electron chi connectivity index (χ3n) is 5.35. The number of para-hydroxylation sites is 2. The highest BCUT2D eigenvalue weighted by molar-refractivity contribution is 7.89. The Morgan fingerprint density at radius 2 is 1.91 bits per heavy atom.